The highest BCUT2D eigenvalue weighted by Gasteiger charge is 2.60. The van der Waals surface area contributed by atoms with Crippen LogP contribution in [-0.2, 0) is 9.59 Å². The van der Waals surface area contributed by atoms with E-state index in [-0.39, 0.29) is 23.5 Å². The molecule has 0 radical (unpaired) electrons. The van der Waals surface area contributed by atoms with Crippen molar-refractivity contribution in [3.8, 4) is 0 Å². The molecule has 0 heterocycles. The van der Waals surface area contributed by atoms with Crippen molar-refractivity contribution in [2.45, 2.75) is 105 Å². The largest absolute Gasteiger partial charge is 0.481 e. The van der Waals surface area contributed by atoms with E-state index < -0.39 is 5.97 Å². The Hall–Kier alpha value is -1.12. The third kappa shape index (κ3) is 4.11. The topological polar surface area (TPSA) is 54.4 Å². The zero-order valence-corrected chi connectivity index (χ0v) is 21.2. The van der Waals surface area contributed by atoms with Crippen molar-refractivity contribution in [3.63, 3.8) is 0 Å². The molecule has 0 aliphatic heterocycles. The van der Waals surface area contributed by atoms with Crippen LogP contribution in [-0.4, -0.2) is 16.9 Å². The van der Waals surface area contributed by atoms with Gasteiger partial charge in [-0.2, -0.15) is 0 Å². The minimum Gasteiger partial charge on any atom is -0.481 e. The summed E-state index contributed by atoms with van der Waals surface area (Å²) in [5.41, 5.74) is 1.84. The Balaban J connectivity index is 1.51. The zero-order chi connectivity index (χ0) is 23.3. The van der Waals surface area contributed by atoms with E-state index in [1.165, 1.54) is 56.9 Å². The molecule has 0 spiro atoms. The quantitative estimate of drug-likeness (QED) is 0.450. The smallest absolute Gasteiger partial charge is 0.304 e. The van der Waals surface area contributed by atoms with Crippen LogP contribution in [0, 0.1) is 52.3 Å². The first-order valence-electron chi connectivity index (χ1n) is 13.5. The average molecular weight is 443 g/mol. The standard InChI is InChI=1S/C29H46O3/c1-18(2)7-6-8-19(3)23-11-12-24-22-10-9-21-16-26(30)20(15-27(31)32)17-29(21,5)25(22)13-14-28(23,24)4/h16,18-20,22-25H,6-15,17H2,1-5H3,(H,31,32)/t19?,20-,22?,23-,24?,25+,28-,29+/m1/s1. The third-order valence-electron chi connectivity index (χ3n) is 10.7. The number of carbonyl (C=O) groups is 2. The van der Waals surface area contributed by atoms with Crippen molar-refractivity contribution < 1.29 is 14.7 Å². The minimum absolute atomic E-state index is 0.00724. The predicted molar refractivity (Wildman–Crippen MR) is 129 cm³/mol. The van der Waals surface area contributed by atoms with E-state index in [0.717, 1.165) is 42.4 Å². The van der Waals surface area contributed by atoms with E-state index in [1.807, 2.05) is 6.08 Å². The van der Waals surface area contributed by atoms with E-state index in [1.54, 1.807) is 0 Å². The lowest BCUT2D eigenvalue weighted by atomic mass is 9.45. The summed E-state index contributed by atoms with van der Waals surface area (Å²) >= 11 is 0. The number of allylic oxidation sites excluding steroid dienone is 1. The number of aliphatic carboxylic acids is 1. The van der Waals surface area contributed by atoms with Gasteiger partial charge in [-0.25, -0.2) is 0 Å². The van der Waals surface area contributed by atoms with E-state index in [2.05, 4.69) is 34.6 Å². The number of rotatable bonds is 7. The molecule has 4 aliphatic carbocycles. The van der Waals surface area contributed by atoms with Gasteiger partial charge in [-0.3, -0.25) is 9.59 Å². The predicted octanol–water partition coefficient (Wildman–Crippen LogP) is 7.30. The number of hydrogen-bond acceptors (Lipinski definition) is 2. The van der Waals surface area contributed by atoms with E-state index in [9.17, 15) is 14.7 Å². The Morgan fingerprint density at radius 3 is 2.53 bits per heavy atom. The fraction of sp³-hybridized carbons (Fsp3) is 0.862. The summed E-state index contributed by atoms with van der Waals surface area (Å²) in [6.07, 6.45) is 14.3. The maximum atomic E-state index is 12.6. The van der Waals surface area contributed by atoms with Gasteiger partial charge in [-0.05, 0) is 97.4 Å². The van der Waals surface area contributed by atoms with Crippen LogP contribution in [0.3, 0.4) is 0 Å². The molecule has 0 aromatic carbocycles. The molecule has 3 nitrogen and oxygen atoms in total. The van der Waals surface area contributed by atoms with Crippen molar-refractivity contribution >= 4 is 11.8 Å². The Labute approximate surface area is 195 Å². The molecular formula is C29H46O3. The molecule has 0 bridgehead atoms. The van der Waals surface area contributed by atoms with Crippen LogP contribution in [0.1, 0.15) is 105 Å². The first-order chi connectivity index (χ1) is 15.1. The Bertz CT molecular complexity index is 766. The third-order valence-corrected chi connectivity index (χ3v) is 10.7. The molecule has 1 N–H and O–H groups in total. The fourth-order valence-corrected chi connectivity index (χ4v) is 9.16. The number of hydrogen-bond donors (Lipinski definition) is 1. The number of carbonyl (C=O) groups excluding carboxylic acids is 1. The van der Waals surface area contributed by atoms with E-state index in [4.69, 9.17) is 0 Å². The van der Waals surface area contributed by atoms with Gasteiger partial charge in [-0.15, -0.1) is 0 Å². The number of fused-ring (bicyclic) bond motifs is 5. The molecular weight excluding hydrogens is 396 g/mol. The van der Waals surface area contributed by atoms with Gasteiger partial charge in [0.05, 0.1) is 6.42 Å². The summed E-state index contributed by atoms with van der Waals surface area (Å²) in [4.78, 5) is 24.0. The summed E-state index contributed by atoms with van der Waals surface area (Å²) in [6.45, 7) is 12.2. The van der Waals surface area contributed by atoms with Crippen molar-refractivity contribution in [1.82, 2.24) is 0 Å². The molecule has 0 aromatic heterocycles. The van der Waals surface area contributed by atoms with Crippen molar-refractivity contribution in [2.75, 3.05) is 0 Å². The Kier molecular flexibility index (Phi) is 6.69. The van der Waals surface area contributed by atoms with Gasteiger partial charge in [-0.1, -0.05) is 59.5 Å². The molecule has 0 amide bonds. The summed E-state index contributed by atoms with van der Waals surface area (Å²) in [5, 5.41) is 9.35. The fourth-order valence-electron chi connectivity index (χ4n) is 9.16. The van der Waals surface area contributed by atoms with Crippen LogP contribution in [0.15, 0.2) is 11.6 Å². The molecule has 0 aromatic rings. The maximum absolute atomic E-state index is 12.6. The van der Waals surface area contributed by atoms with Gasteiger partial charge in [0.25, 0.3) is 0 Å². The first-order valence-corrected chi connectivity index (χ1v) is 13.5. The lowest BCUT2D eigenvalue weighted by molar-refractivity contribution is -0.141. The van der Waals surface area contributed by atoms with Gasteiger partial charge < -0.3 is 5.11 Å². The van der Waals surface area contributed by atoms with E-state index in [0.29, 0.717) is 11.3 Å². The second-order valence-corrected chi connectivity index (χ2v) is 12.9. The molecule has 32 heavy (non-hydrogen) atoms. The lowest BCUT2D eigenvalue weighted by Crippen LogP contribution is -2.52. The molecule has 4 rings (SSSR count). The SMILES string of the molecule is CC(C)CCCC(C)[C@H]1CCC2C3CCC4=CC(=O)[C@H](CC(=O)O)C[C@]4(C)[C@H]3CC[C@@]21C. The highest BCUT2D eigenvalue weighted by Crippen LogP contribution is 2.68. The average Bonchev–Trinajstić information content (AvgIpc) is 3.05. The first kappa shape index (κ1) is 24.0. The number of ketones is 1. The number of carboxylic acid groups (broad SMARTS) is 1. The van der Waals surface area contributed by atoms with E-state index >= 15 is 0 Å². The number of carboxylic acids is 1. The van der Waals surface area contributed by atoms with Gasteiger partial charge in [0.15, 0.2) is 5.78 Å². The summed E-state index contributed by atoms with van der Waals surface area (Å²) in [6, 6.07) is 0. The van der Waals surface area contributed by atoms with Crippen molar-refractivity contribution in [3.05, 3.63) is 11.6 Å². The molecule has 3 unspecified atom stereocenters. The Morgan fingerprint density at radius 2 is 1.84 bits per heavy atom. The second kappa shape index (κ2) is 8.91. The van der Waals surface area contributed by atoms with Crippen LogP contribution < -0.4 is 0 Å². The molecule has 180 valence electrons. The second-order valence-electron chi connectivity index (χ2n) is 12.9. The van der Waals surface area contributed by atoms with Gasteiger partial charge in [0.1, 0.15) is 0 Å². The molecule has 3 heteroatoms. The highest BCUT2D eigenvalue weighted by molar-refractivity contribution is 5.95. The zero-order valence-electron chi connectivity index (χ0n) is 21.2. The summed E-state index contributed by atoms with van der Waals surface area (Å²) in [5.74, 6) is 3.58. The van der Waals surface area contributed by atoms with Gasteiger partial charge in [0.2, 0.25) is 0 Å². The summed E-state index contributed by atoms with van der Waals surface area (Å²) in [7, 11) is 0. The molecule has 8 atom stereocenters. The van der Waals surface area contributed by atoms with Crippen LogP contribution in [0.25, 0.3) is 0 Å². The van der Waals surface area contributed by atoms with Crippen LogP contribution in [0.4, 0.5) is 0 Å². The molecule has 3 saturated carbocycles. The molecule has 4 aliphatic rings. The van der Waals surface area contributed by atoms with Crippen LogP contribution in [0.2, 0.25) is 0 Å². The normalized spacial score (nSPS) is 42.1. The van der Waals surface area contributed by atoms with Gasteiger partial charge >= 0.3 is 5.97 Å². The maximum Gasteiger partial charge on any atom is 0.304 e. The van der Waals surface area contributed by atoms with Crippen LogP contribution >= 0.6 is 0 Å². The monoisotopic (exact) mass is 442 g/mol. The molecule has 0 saturated heterocycles. The minimum atomic E-state index is -0.836. The van der Waals surface area contributed by atoms with Crippen LogP contribution in [0.5, 0.6) is 0 Å². The lowest BCUT2D eigenvalue weighted by Gasteiger charge is -2.59. The molecule has 3 fully saturated rings. The highest BCUT2D eigenvalue weighted by atomic mass is 16.4. The van der Waals surface area contributed by atoms with Crippen molar-refractivity contribution in [1.29, 1.82) is 0 Å². The van der Waals surface area contributed by atoms with Crippen molar-refractivity contribution in [2.24, 2.45) is 52.3 Å². The Morgan fingerprint density at radius 1 is 1.09 bits per heavy atom. The summed E-state index contributed by atoms with van der Waals surface area (Å²) < 4.78 is 0. The van der Waals surface area contributed by atoms with Gasteiger partial charge in [0, 0.05) is 5.92 Å².